The molecule has 4 N–H and O–H groups in total. The maximum absolute atomic E-state index is 9.86. The highest BCUT2D eigenvalue weighted by Crippen LogP contribution is 2.32. The Bertz CT molecular complexity index is 366. The first kappa shape index (κ1) is 10.5. The van der Waals surface area contributed by atoms with Gasteiger partial charge < -0.3 is 16.2 Å². The van der Waals surface area contributed by atoms with Crippen LogP contribution in [-0.4, -0.2) is 22.2 Å². The van der Waals surface area contributed by atoms with E-state index < -0.39 is 5.60 Å². The lowest BCUT2D eigenvalue weighted by atomic mass is 9.80. The Balaban J connectivity index is 1.98. The number of hydrogen-bond acceptors (Lipinski definition) is 4. The minimum Gasteiger partial charge on any atom is -0.396 e. The molecule has 0 aromatic carbocycles. The highest BCUT2D eigenvalue weighted by Gasteiger charge is 2.34. The van der Waals surface area contributed by atoms with Crippen molar-refractivity contribution in [3.8, 4) is 0 Å². The molecule has 0 saturated heterocycles. The van der Waals surface area contributed by atoms with Crippen molar-refractivity contribution in [2.24, 2.45) is 0 Å². The van der Waals surface area contributed by atoms with Crippen molar-refractivity contribution < 1.29 is 5.11 Å². The van der Waals surface area contributed by atoms with E-state index in [1.54, 1.807) is 6.07 Å². The quantitative estimate of drug-likeness (QED) is 0.734. The summed E-state index contributed by atoms with van der Waals surface area (Å²) in [6.07, 6.45) is 4.30. The monoisotopic (exact) mass is 227 g/mol. The molecule has 4 nitrogen and oxygen atoms in total. The fourth-order valence-electron chi connectivity index (χ4n) is 1.61. The Labute approximate surface area is 93.5 Å². The van der Waals surface area contributed by atoms with Crippen molar-refractivity contribution in [2.45, 2.75) is 24.9 Å². The Hall–Kier alpha value is -1.00. The van der Waals surface area contributed by atoms with Gasteiger partial charge in [-0.05, 0) is 25.3 Å². The summed E-state index contributed by atoms with van der Waals surface area (Å²) in [7, 11) is 0. The predicted molar refractivity (Wildman–Crippen MR) is 60.9 cm³/mol. The van der Waals surface area contributed by atoms with Gasteiger partial charge in [0.1, 0.15) is 5.82 Å². The number of nitrogens with zero attached hydrogens (tertiary/aromatic N) is 1. The Morgan fingerprint density at radius 2 is 2.33 bits per heavy atom. The fraction of sp³-hybridized carbons (Fsp3) is 0.500. The lowest BCUT2D eigenvalue weighted by molar-refractivity contribution is -0.0202. The Morgan fingerprint density at radius 1 is 1.60 bits per heavy atom. The topological polar surface area (TPSA) is 71.2 Å². The first-order chi connectivity index (χ1) is 7.09. The zero-order chi connectivity index (χ0) is 10.9. The van der Waals surface area contributed by atoms with Crippen LogP contribution in [-0.2, 0) is 0 Å². The highest BCUT2D eigenvalue weighted by atomic mass is 35.5. The van der Waals surface area contributed by atoms with Crippen LogP contribution in [0.5, 0.6) is 0 Å². The van der Waals surface area contributed by atoms with E-state index in [1.807, 2.05) is 0 Å². The number of anilines is 2. The van der Waals surface area contributed by atoms with Gasteiger partial charge in [-0.25, -0.2) is 4.98 Å². The molecule has 1 aliphatic rings. The van der Waals surface area contributed by atoms with Crippen LogP contribution < -0.4 is 11.1 Å². The molecule has 1 aromatic rings. The van der Waals surface area contributed by atoms with Crippen LogP contribution in [0, 0.1) is 0 Å². The van der Waals surface area contributed by atoms with Crippen molar-refractivity contribution in [3.05, 3.63) is 17.3 Å². The molecule has 0 radical (unpaired) electrons. The molecule has 0 aliphatic heterocycles. The van der Waals surface area contributed by atoms with Crippen molar-refractivity contribution in [1.82, 2.24) is 4.98 Å². The van der Waals surface area contributed by atoms with Gasteiger partial charge in [-0.2, -0.15) is 0 Å². The third-order valence-electron chi connectivity index (χ3n) is 2.75. The maximum Gasteiger partial charge on any atom is 0.149 e. The second-order valence-electron chi connectivity index (χ2n) is 4.02. The van der Waals surface area contributed by atoms with Crippen molar-refractivity contribution >= 4 is 23.1 Å². The molecule has 2 rings (SSSR count). The molecule has 1 aliphatic carbocycles. The van der Waals surface area contributed by atoms with Gasteiger partial charge in [0.2, 0.25) is 0 Å². The van der Waals surface area contributed by atoms with Gasteiger partial charge in [0.25, 0.3) is 0 Å². The summed E-state index contributed by atoms with van der Waals surface area (Å²) >= 11 is 5.73. The summed E-state index contributed by atoms with van der Waals surface area (Å²) in [6, 6.07) is 1.64. The van der Waals surface area contributed by atoms with Gasteiger partial charge in [-0.15, -0.1) is 0 Å². The largest absolute Gasteiger partial charge is 0.396 e. The third kappa shape index (κ3) is 2.33. The van der Waals surface area contributed by atoms with Gasteiger partial charge in [0.05, 0.1) is 16.3 Å². The number of nitrogens with two attached hydrogens (primary N) is 1. The zero-order valence-corrected chi connectivity index (χ0v) is 9.09. The number of halogens is 1. The van der Waals surface area contributed by atoms with Crippen molar-refractivity contribution in [3.63, 3.8) is 0 Å². The molecule has 0 bridgehead atoms. The molecular weight excluding hydrogens is 214 g/mol. The summed E-state index contributed by atoms with van der Waals surface area (Å²) in [5.74, 6) is 0.583. The predicted octanol–water partition coefficient (Wildman–Crippen LogP) is 1.64. The van der Waals surface area contributed by atoms with Crippen LogP contribution in [0.3, 0.4) is 0 Å². The van der Waals surface area contributed by atoms with E-state index in [0.29, 0.717) is 23.1 Å². The lowest BCUT2D eigenvalue weighted by Crippen LogP contribution is -2.43. The molecule has 0 unspecified atom stereocenters. The summed E-state index contributed by atoms with van der Waals surface area (Å²) in [5, 5.41) is 13.4. The van der Waals surface area contributed by atoms with Crippen LogP contribution >= 0.6 is 11.6 Å². The lowest BCUT2D eigenvalue weighted by Gasteiger charge is -2.36. The number of aliphatic hydroxyl groups is 1. The molecule has 82 valence electrons. The smallest absolute Gasteiger partial charge is 0.149 e. The van der Waals surface area contributed by atoms with E-state index in [2.05, 4.69) is 10.3 Å². The molecule has 1 heterocycles. The second kappa shape index (κ2) is 3.87. The standard InChI is InChI=1S/C10H14ClN3O/c11-7-4-8(12)9(13-5-7)14-6-10(15)2-1-3-10/h4-5,15H,1-3,6,12H2,(H,13,14). The van der Waals surface area contributed by atoms with E-state index in [-0.39, 0.29) is 0 Å². The number of pyridine rings is 1. The number of nitrogens with one attached hydrogen (secondary N) is 1. The van der Waals surface area contributed by atoms with Crippen LogP contribution in [0.1, 0.15) is 19.3 Å². The first-order valence-electron chi connectivity index (χ1n) is 4.96. The van der Waals surface area contributed by atoms with E-state index >= 15 is 0 Å². The normalized spacial score (nSPS) is 18.3. The second-order valence-corrected chi connectivity index (χ2v) is 4.46. The van der Waals surface area contributed by atoms with Gasteiger partial charge in [-0.1, -0.05) is 11.6 Å². The van der Waals surface area contributed by atoms with E-state index in [0.717, 1.165) is 19.3 Å². The molecule has 0 spiro atoms. The zero-order valence-electron chi connectivity index (χ0n) is 8.33. The fourth-order valence-corrected chi connectivity index (χ4v) is 1.78. The highest BCUT2D eigenvalue weighted by molar-refractivity contribution is 6.30. The van der Waals surface area contributed by atoms with Crippen LogP contribution in [0.15, 0.2) is 12.3 Å². The number of nitrogen functional groups attached to an aromatic ring is 1. The molecule has 15 heavy (non-hydrogen) atoms. The Morgan fingerprint density at radius 3 is 2.87 bits per heavy atom. The summed E-state index contributed by atoms with van der Waals surface area (Å²) < 4.78 is 0. The molecule has 1 saturated carbocycles. The summed E-state index contributed by atoms with van der Waals surface area (Å²) in [4.78, 5) is 4.06. The van der Waals surface area contributed by atoms with Crippen molar-refractivity contribution in [2.75, 3.05) is 17.6 Å². The Kier molecular flexibility index (Phi) is 2.71. The number of aromatic nitrogens is 1. The molecule has 1 aromatic heterocycles. The SMILES string of the molecule is Nc1cc(Cl)cnc1NCC1(O)CCC1. The van der Waals surface area contributed by atoms with Gasteiger partial charge in [-0.3, -0.25) is 0 Å². The molecular formula is C10H14ClN3O. The third-order valence-corrected chi connectivity index (χ3v) is 2.96. The van der Waals surface area contributed by atoms with Crippen molar-refractivity contribution in [1.29, 1.82) is 0 Å². The van der Waals surface area contributed by atoms with Gasteiger partial charge >= 0.3 is 0 Å². The average molecular weight is 228 g/mol. The molecule has 0 amide bonds. The van der Waals surface area contributed by atoms with E-state index in [1.165, 1.54) is 6.20 Å². The minimum absolute atomic E-state index is 0.492. The average Bonchev–Trinajstić information content (AvgIpc) is 2.14. The number of rotatable bonds is 3. The van der Waals surface area contributed by atoms with Crippen LogP contribution in [0.4, 0.5) is 11.5 Å². The van der Waals surface area contributed by atoms with Crippen LogP contribution in [0.25, 0.3) is 0 Å². The first-order valence-corrected chi connectivity index (χ1v) is 5.34. The van der Waals surface area contributed by atoms with E-state index in [4.69, 9.17) is 17.3 Å². The van der Waals surface area contributed by atoms with Crippen LogP contribution in [0.2, 0.25) is 5.02 Å². The summed E-state index contributed by atoms with van der Waals surface area (Å²) in [5.41, 5.74) is 5.65. The van der Waals surface area contributed by atoms with Gasteiger partial charge in [0.15, 0.2) is 0 Å². The molecule has 0 atom stereocenters. The van der Waals surface area contributed by atoms with E-state index in [9.17, 15) is 5.11 Å². The maximum atomic E-state index is 9.86. The minimum atomic E-state index is -0.576. The molecule has 1 fully saturated rings. The molecule has 5 heteroatoms. The summed E-state index contributed by atoms with van der Waals surface area (Å²) in [6.45, 7) is 0.492. The van der Waals surface area contributed by atoms with Gasteiger partial charge in [0, 0.05) is 12.7 Å². The number of hydrogen-bond donors (Lipinski definition) is 3.